The number of anilines is 1. The maximum Gasteiger partial charge on any atom is 0.271 e. The molecule has 176 valence electrons. The maximum absolute atomic E-state index is 13.5. The van der Waals surface area contributed by atoms with E-state index < -0.39 is 30.8 Å². The minimum absolute atomic E-state index is 0.0657. The second kappa shape index (κ2) is 10.5. The number of nitro benzene ring substituents is 1. The summed E-state index contributed by atoms with van der Waals surface area (Å²) in [6, 6.07) is 2.38. The fourth-order valence-corrected chi connectivity index (χ4v) is 6.13. The van der Waals surface area contributed by atoms with E-state index in [1.54, 1.807) is 11.8 Å². The number of hydrogen-bond acceptors (Lipinski definition) is 8. The Kier molecular flexibility index (Phi) is 8.81. The zero-order valence-electron chi connectivity index (χ0n) is 17.4. The van der Waals surface area contributed by atoms with Crippen LogP contribution in [-0.2, 0) is 20.1 Å². The molecule has 1 aromatic carbocycles. The van der Waals surface area contributed by atoms with Gasteiger partial charge in [-0.2, -0.15) is 12.7 Å². The molecule has 0 aromatic heterocycles. The molecule has 1 saturated heterocycles. The number of nitrogens with zero attached hydrogens (tertiary/aromatic N) is 4. The van der Waals surface area contributed by atoms with Crippen LogP contribution in [0.4, 0.5) is 11.4 Å². The molecular formula is C17H27BrN4O7S2. The normalized spacial score (nSPS) is 16.4. The lowest BCUT2D eigenvalue weighted by Gasteiger charge is -2.34. The monoisotopic (exact) mass is 542 g/mol. The van der Waals surface area contributed by atoms with Crippen molar-refractivity contribution in [1.82, 2.24) is 9.21 Å². The van der Waals surface area contributed by atoms with Gasteiger partial charge in [-0.05, 0) is 26.0 Å². The van der Waals surface area contributed by atoms with Crippen molar-refractivity contribution in [3.05, 3.63) is 27.8 Å². The van der Waals surface area contributed by atoms with E-state index in [4.69, 9.17) is 4.55 Å². The van der Waals surface area contributed by atoms with Gasteiger partial charge in [0.25, 0.3) is 15.8 Å². The Morgan fingerprint density at radius 3 is 2.29 bits per heavy atom. The Bertz CT molecular complexity index is 1010. The second-order valence-corrected chi connectivity index (χ2v) is 11.7. The molecule has 2 rings (SSSR count). The summed E-state index contributed by atoms with van der Waals surface area (Å²) in [6.45, 7) is 3.70. The van der Waals surface area contributed by atoms with Crippen LogP contribution in [0, 0.1) is 17.0 Å². The predicted molar refractivity (Wildman–Crippen MR) is 121 cm³/mol. The highest BCUT2D eigenvalue weighted by atomic mass is 79.9. The first-order valence-electron chi connectivity index (χ1n) is 9.60. The van der Waals surface area contributed by atoms with E-state index in [0.717, 1.165) is 6.07 Å². The van der Waals surface area contributed by atoms with Crippen molar-refractivity contribution < 1.29 is 26.3 Å². The van der Waals surface area contributed by atoms with E-state index in [2.05, 4.69) is 15.9 Å². The molecular weight excluding hydrogens is 516 g/mol. The summed E-state index contributed by atoms with van der Waals surface area (Å²) in [6.07, 6.45) is 0.0657. The third-order valence-corrected chi connectivity index (χ3v) is 8.11. The molecule has 14 heteroatoms. The van der Waals surface area contributed by atoms with Crippen LogP contribution in [0.25, 0.3) is 0 Å². The Hall–Kier alpha value is -1.32. The third kappa shape index (κ3) is 6.83. The van der Waals surface area contributed by atoms with Gasteiger partial charge < -0.3 is 9.80 Å². The molecule has 0 saturated carbocycles. The smallest absolute Gasteiger partial charge is 0.271 e. The lowest BCUT2D eigenvalue weighted by atomic mass is 10.1. The van der Waals surface area contributed by atoms with Gasteiger partial charge in [-0.25, -0.2) is 8.42 Å². The summed E-state index contributed by atoms with van der Waals surface area (Å²) in [7, 11) is -6.31. The van der Waals surface area contributed by atoms with E-state index in [-0.39, 0.29) is 36.6 Å². The first kappa shape index (κ1) is 25.9. The number of likely N-dealkylation sites (N-methyl/N-ethyl adjacent to an activating group) is 1. The summed E-state index contributed by atoms with van der Waals surface area (Å²) in [5.74, 6) is -0.474. The Morgan fingerprint density at radius 1 is 1.16 bits per heavy atom. The van der Waals surface area contributed by atoms with Gasteiger partial charge in [0, 0.05) is 56.7 Å². The van der Waals surface area contributed by atoms with E-state index >= 15 is 0 Å². The fourth-order valence-electron chi connectivity index (χ4n) is 3.48. The molecule has 0 atom stereocenters. The summed E-state index contributed by atoms with van der Waals surface area (Å²) in [5, 5.41) is 11.9. The van der Waals surface area contributed by atoms with Gasteiger partial charge in [0.2, 0.25) is 10.0 Å². The number of sulfonamides is 1. The molecule has 1 aromatic rings. The highest BCUT2D eigenvalue weighted by Crippen LogP contribution is 2.35. The zero-order chi connectivity index (χ0) is 23.4. The molecule has 0 bridgehead atoms. The second-order valence-electron chi connectivity index (χ2n) is 7.39. The number of alkyl halides is 1. The molecule has 11 nitrogen and oxygen atoms in total. The van der Waals surface area contributed by atoms with Crippen LogP contribution in [-0.4, -0.2) is 92.9 Å². The number of non-ortho nitro benzene ring substituents is 1. The van der Waals surface area contributed by atoms with E-state index in [0.29, 0.717) is 36.2 Å². The number of halogens is 1. The quantitative estimate of drug-likeness (QED) is 0.200. The minimum Gasteiger partial charge on any atom is -0.369 e. The fraction of sp³-hybridized carbons (Fsp3) is 0.647. The molecule has 1 heterocycles. The Labute approximate surface area is 191 Å². The number of benzene rings is 1. The highest BCUT2D eigenvalue weighted by molar-refractivity contribution is 9.09. The van der Waals surface area contributed by atoms with Crippen LogP contribution < -0.4 is 4.90 Å². The average Bonchev–Trinajstić information content (AvgIpc) is 2.66. The van der Waals surface area contributed by atoms with E-state index in [1.165, 1.54) is 10.4 Å². The van der Waals surface area contributed by atoms with Gasteiger partial charge in [0.15, 0.2) is 0 Å². The lowest BCUT2D eigenvalue weighted by Crippen LogP contribution is -2.47. The van der Waals surface area contributed by atoms with Crippen molar-refractivity contribution in [2.75, 3.05) is 62.3 Å². The van der Waals surface area contributed by atoms with Crippen LogP contribution in [0.5, 0.6) is 0 Å². The van der Waals surface area contributed by atoms with Gasteiger partial charge >= 0.3 is 0 Å². The molecule has 1 aliphatic rings. The highest BCUT2D eigenvalue weighted by Gasteiger charge is 2.33. The molecule has 1 aliphatic heterocycles. The van der Waals surface area contributed by atoms with Crippen LogP contribution >= 0.6 is 15.9 Å². The maximum atomic E-state index is 13.5. The van der Waals surface area contributed by atoms with Crippen molar-refractivity contribution in [2.24, 2.45) is 0 Å². The molecule has 1 N–H and O–H groups in total. The number of rotatable bonds is 10. The lowest BCUT2D eigenvalue weighted by molar-refractivity contribution is -0.385. The van der Waals surface area contributed by atoms with Gasteiger partial charge in [-0.1, -0.05) is 15.9 Å². The Morgan fingerprint density at radius 2 is 1.77 bits per heavy atom. The number of aryl methyl sites for hydroxylation is 1. The van der Waals surface area contributed by atoms with Gasteiger partial charge in [-0.3, -0.25) is 14.7 Å². The summed E-state index contributed by atoms with van der Waals surface area (Å²) >= 11 is 3.32. The largest absolute Gasteiger partial charge is 0.369 e. The first-order valence-corrected chi connectivity index (χ1v) is 13.8. The van der Waals surface area contributed by atoms with Gasteiger partial charge in [-0.15, -0.1) is 0 Å². The third-order valence-electron chi connectivity index (χ3n) is 5.04. The van der Waals surface area contributed by atoms with Crippen molar-refractivity contribution in [3.63, 3.8) is 0 Å². The van der Waals surface area contributed by atoms with E-state index in [1.807, 2.05) is 11.9 Å². The summed E-state index contributed by atoms with van der Waals surface area (Å²) in [4.78, 5) is 14.3. The summed E-state index contributed by atoms with van der Waals surface area (Å²) in [5.41, 5.74) is 0.375. The molecule has 0 aliphatic carbocycles. The predicted octanol–water partition coefficient (Wildman–Crippen LogP) is 1.32. The molecule has 0 spiro atoms. The molecule has 0 amide bonds. The van der Waals surface area contributed by atoms with Crippen LogP contribution in [0.2, 0.25) is 0 Å². The molecule has 0 radical (unpaired) electrons. The SMILES string of the molecule is Cc1cc([N+](=O)[O-])cc(S(=O)(=O)N2CCN(C)CC2)c1N(CCBr)CCCS(=O)(=O)O. The molecule has 0 unspecified atom stereocenters. The molecule has 1 fully saturated rings. The van der Waals surface area contributed by atoms with Crippen LogP contribution in [0.15, 0.2) is 17.0 Å². The van der Waals surface area contributed by atoms with E-state index in [9.17, 15) is 26.9 Å². The van der Waals surface area contributed by atoms with Crippen molar-refractivity contribution in [3.8, 4) is 0 Å². The zero-order valence-corrected chi connectivity index (χ0v) is 20.6. The summed E-state index contributed by atoms with van der Waals surface area (Å²) < 4.78 is 59.5. The minimum atomic E-state index is -4.16. The van der Waals surface area contributed by atoms with Crippen molar-refractivity contribution >= 4 is 47.4 Å². The average molecular weight is 543 g/mol. The van der Waals surface area contributed by atoms with Crippen molar-refractivity contribution in [1.29, 1.82) is 0 Å². The van der Waals surface area contributed by atoms with Crippen LogP contribution in [0.3, 0.4) is 0 Å². The van der Waals surface area contributed by atoms with Gasteiger partial charge in [0.05, 0.1) is 16.4 Å². The number of hydrogen-bond donors (Lipinski definition) is 1. The number of nitro groups is 1. The molecule has 31 heavy (non-hydrogen) atoms. The van der Waals surface area contributed by atoms with Crippen molar-refractivity contribution in [2.45, 2.75) is 18.2 Å². The first-order chi connectivity index (χ1) is 14.4. The number of piperazine rings is 1. The van der Waals surface area contributed by atoms with Crippen LogP contribution in [0.1, 0.15) is 12.0 Å². The topological polar surface area (TPSA) is 141 Å². The van der Waals surface area contributed by atoms with Gasteiger partial charge in [0.1, 0.15) is 4.90 Å². The standard InChI is InChI=1S/C17H27BrN4O7S2/c1-14-12-15(22(23)24)13-16(31(28,29)21-9-7-19(2)8-10-21)17(14)20(6-4-18)5-3-11-30(25,26)27/h12-13H,3-11H2,1-2H3,(H,25,26,27). The Balaban J connectivity index is 2.55.